The largest absolute Gasteiger partial charge is 0.379 e. The zero-order valence-electron chi connectivity index (χ0n) is 8.95. The SMILES string of the molecule is C[C@H](c1cccc(Br)c1)N1CCOCC1. The molecule has 0 spiro atoms. The number of nitrogens with zero attached hydrogens (tertiary/aromatic N) is 1. The lowest BCUT2D eigenvalue weighted by Crippen LogP contribution is -2.37. The van der Waals surface area contributed by atoms with Crippen molar-refractivity contribution >= 4 is 15.9 Å². The zero-order chi connectivity index (χ0) is 10.7. The van der Waals surface area contributed by atoms with Crippen LogP contribution < -0.4 is 0 Å². The number of morpholine rings is 1. The van der Waals surface area contributed by atoms with Crippen molar-refractivity contribution < 1.29 is 4.74 Å². The first kappa shape index (κ1) is 11.1. The van der Waals surface area contributed by atoms with Crippen molar-refractivity contribution in [3.8, 4) is 0 Å². The van der Waals surface area contributed by atoms with E-state index in [1.165, 1.54) is 5.56 Å². The second-order valence-electron chi connectivity index (χ2n) is 3.88. The van der Waals surface area contributed by atoms with Crippen LogP contribution in [0.4, 0.5) is 0 Å². The second kappa shape index (κ2) is 5.10. The van der Waals surface area contributed by atoms with Gasteiger partial charge >= 0.3 is 0 Å². The first-order chi connectivity index (χ1) is 7.27. The molecule has 0 radical (unpaired) electrons. The molecule has 0 bridgehead atoms. The van der Waals surface area contributed by atoms with Gasteiger partial charge in [0, 0.05) is 23.6 Å². The number of hydrogen-bond acceptors (Lipinski definition) is 2. The van der Waals surface area contributed by atoms with E-state index in [1.807, 2.05) is 0 Å². The normalized spacial score (nSPS) is 20.1. The molecule has 1 fully saturated rings. The summed E-state index contributed by atoms with van der Waals surface area (Å²) in [6, 6.07) is 9.02. The number of rotatable bonds is 2. The van der Waals surface area contributed by atoms with E-state index in [0.29, 0.717) is 6.04 Å². The molecule has 3 heteroatoms. The van der Waals surface area contributed by atoms with Crippen LogP contribution in [0.15, 0.2) is 28.7 Å². The fraction of sp³-hybridized carbons (Fsp3) is 0.500. The Hall–Kier alpha value is -0.380. The quantitative estimate of drug-likeness (QED) is 0.819. The molecule has 15 heavy (non-hydrogen) atoms. The van der Waals surface area contributed by atoms with Crippen LogP contribution in [0, 0.1) is 0 Å². The van der Waals surface area contributed by atoms with Crippen molar-refractivity contribution in [3.05, 3.63) is 34.3 Å². The third kappa shape index (κ3) is 2.80. The average Bonchev–Trinajstić information content (AvgIpc) is 2.29. The van der Waals surface area contributed by atoms with E-state index in [0.717, 1.165) is 30.8 Å². The van der Waals surface area contributed by atoms with Crippen LogP contribution in [0.2, 0.25) is 0 Å². The van der Waals surface area contributed by atoms with Gasteiger partial charge in [0.2, 0.25) is 0 Å². The number of hydrogen-bond donors (Lipinski definition) is 0. The maximum absolute atomic E-state index is 5.36. The van der Waals surface area contributed by atoms with Crippen molar-refractivity contribution in [3.63, 3.8) is 0 Å². The molecule has 2 nitrogen and oxygen atoms in total. The molecule has 1 aromatic rings. The Morgan fingerprint density at radius 1 is 1.33 bits per heavy atom. The van der Waals surface area contributed by atoms with E-state index in [-0.39, 0.29) is 0 Å². The Bertz CT molecular complexity index is 323. The van der Waals surface area contributed by atoms with Gasteiger partial charge in [-0.25, -0.2) is 0 Å². The maximum atomic E-state index is 5.36. The van der Waals surface area contributed by atoms with E-state index in [2.05, 4.69) is 52.0 Å². The molecular formula is C12H16BrNO. The Morgan fingerprint density at radius 2 is 2.07 bits per heavy atom. The molecule has 2 rings (SSSR count). The third-order valence-corrected chi connectivity index (χ3v) is 3.42. The lowest BCUT2D eigenvalue weighted by atomic mass is 10.1. The Morgan fingerprint density at radius 3 is 2.73 bits per heavy atom. The van der Waals surface area contributed by atoms with E-state index in [9.17, 15) is 0 Å². The fourth-order valence-electron chi connectivity index (χ4n) is 1.94. The summed E-state index contributed by atoms with van der Waals surface area (Å²) >= 11 is 3.51. The molecule has 0 aliphatic carbocycles. The first-order valence-electron chi connectivity index (χ1n) is 5.34. The van der Waals surface area contributed by atoms with E-state index < -0.39 is 0 Å². The van der Waals surface area contributed by atoms with Crippen LogP contribution in [0.25, 0.3) is 0 Å². The van der Waals surface area contributed by atoms with Crippen molar-refractivity contribution in [1.82, 2.24) is 4.90 Å². The maximum Gasteiger partial charge on any atom is 0.0594 e. The lowest BCUT2D eigenvalue weighted by molar-refractivity contribution is 0.0198. The predicted molar refractivity (Wildman–Crippen MR) is 64.9 cm³/mol. The molecule has 0 saturated carbocycles. The van der Waals surface area contributed by atoms with Gasteiger partial charge in [-0.05, 0) is 24.6 Å². The molecule has 1 aliphatic heterocycles. The summed E-state index contributed by atoms with van der Waals surface area (Å²) < 4.78 is 6.51. The van der Waals surface area contributed by atoms with Gasteiger partial charge in [-0.15, -0.1) is 0 Å². The summed E-state index contributed by atoms with van der Waals surface area (Å²) in [5, 5.41) is 0. The van der Waals surface area contributed by atoms with Gasteiger partial charge in [0.05, 0.1) is 13.2 Å². The minimum atomic E-state index is 0.478. The van der Waals surface area contributed by atoms with Crippen molar-refractivity contribution in [2.45, 2.75) is 13.0 Å². The molecule has 82 valence electrons. The molecule has 0 N–H and O–H groups in total. The second-order valence-corrected chi connectivity index (χ2v) is 4.79. The highest BCUT2D eigenvalue weighted by Crippen LogP contribution is 2.23. The zero-order valence-corrected chi connectivity index (χ0v) is 10.5. The number of benzene rings is 1. The standard InChI is InChI=1S/C12H16BrNO/c1-10(14-5-7-15-8-6-14)11-3-2-4-12(13)9-11/h2-4,9-10H,5-8H2,1H3/t10-/m1/s1. The first-order valence-corrected chi connectivity index (χ1v) is 6.14. The van der Waals surface area contributed by atoms with E-state index >= 15 is 0 Å². The molecule has 0 amide bonds. The Balaban J connectivity index is 2.08. The van der Waals surface area contributed by atoms with Crippen molar-refractivity contribution in [2.75, 3.05) is 26.3 Å². The van der Waals surface area contributed by atoms with Crippen LogP contribution in [0.1, 0.15) is 18.5 Å². The minimum Gasteiger partial charge on any atom is -0.379 e. The topological polar surface area (TPSA) is 12.5 Å². The number of halogens is 1. The summed E-state index contributed by atoms with van der Waals surface area (Å²) in [6.07, 6.45) is 0. The van der Waals surface area contributed by atoms with Crippen molar-refractivity contribution in [2.24, 2.45) is 0 Å². The lowest BCUT2D eigenvalue weighted by Gasteiger charge is -2.32. The van der Waals surface area contributed by atoms with Gasteiger partial charge < -0.3 is 4.74 Å². The van der Waals surface area contributed by atoms with Gasteiger partial charge in [0.15, 0.2) is 0 Å². The summed E-state index contributed by atoms with van der Waals surface area (Å²) in [6.45, 7) is 6.05. The van der Waals surface area contributed by atoms with Crippen molar-refractivity contribution in [1.29, 1.82) is 0 Å². The Kier molecular flexibility index (Phi) is 3.78. The molecular weight excluding hydrogens is 254 g/mol. The molecule has 1 aromatic carbocycles. The van der Waals surface area contributed by atoms with Crippen LogP contribution in [0.5, 0.6) is 0 Å². The van der Waals surface area contributed by atoms with E-state index in [1.54, 1.807) is 0 Å². The Labute approximate surface area is 99.4 Å². The predicted octanol–water partition coefficient (Wildman–Crippen LogP) is 2.84. The highest BCUT2D eigenvalue weighted by molar-refractivity contribution is 9.10. The monoisotopic (exact) mass is 269 g/mol. The average molecular weight is 270 g/mol. The van der Waals surface area contributed by atoms with Gasteiger partial charge in [-0.3, -0.25) is 4.90 Å². The molecule has 1 saturated heterocycles. The number of ether oxygens (including phenoxy) is 1. The van der Waals surface area contributed by atoms with Crippen LogP contribution >= 0.6 is 15.9 Å². The molecule has 0 unspecified atom stereocenters. The summed E-state index contributed by atoms with van der Waals surface area (Å²) in [5.41, 5.74) is 1.37. The molecule has 1 aliphatic rings. The summed E-state index contributed by atoms with van der Waals surface area (Å²) in [4.78, 5) is 2.46. The molecule has 1 heterocycles. The summed E-state index contributed by atoms with van der Waals surface area (Å²) in [7, 11) is 0. The van der Waals surface area contributed by atoms with Crippen LogP contribution in [0.3, 0.4) is 0 Å². The van der Waals surface area contributed by atoms with Gasteiger partial charge in [-0.1, -0.05) is 28.1 Å². The van der Waals surface area contributed by atoms with Gasteiger partial charge in [0.1, 0.15) is 0 Å². The highest BCUT2D eigenvalue weighted by atomic mass is 79.9. The molecule has 1 atom stereocenters. The van der Waals surface area contributed by atoms with Crippen LogP contribution in [-0.4, -0.2) is 31.2 Å². The fourth-order valence-corrected chi connectivity index (χ4v) is 2.36. The molecule has 0 aromatic heterocycles. The minimum absolute atomic E-state index is 0.478. The van der Waals surface area contributed by atoms with Gasteiger partial charge in [0.25, 0.3) is 0 Å². The van der Waals surface area contributed by atoms with Gasteiger partial charge in [-0.2, -0.15) is 0 Å². The van der Waals surface area contributed by atoms with E-state index in [4.69, 9.17) is 4.74 Å². The smallest absolute Gasteiger partial charge is 0.0594 e. The van der Waals surface area contributed by atoms with Crippen LogP contribution in [-0.2, 0) is 4.74 Å². The third-order valence-electron chi connectivity index (χ3n) is 2.92. The summed E-state index contributed by atoms with van der Waals surface area (Å²) in [5.74, 6) is 0. The highest BCUT2D eigenvalue weighted by Gasteiger charge is 2.18.